The average molecular weight is 281 g/mol. The highest BCUT2D eigenvalue weighted by atomic mass is 35.5. The molecule has 1 fully saturated rings. The summed E-state index contributed by atoms with van der Waals surface area (Å²) in [6, 6.07) is 7.48. The van der Waals surface area contributed by atoms with E-state index in [4.69, 9.17) is 11.6 Å². The second-order valence-electron chi connectivity index (χ2n) is 5.29. The van der Waals surface area contributed by atoms with Gasteiger partial charge in [0.15, 0.2) is 0 Å². The summed E-state index contributed by atoms with van der Waals surface area (Å²) in [6.45, 7) is 2.98. The summed E-state index contributed by atoms with van der Waals surface area (Å²) in [6.07, 6.45) is 2.88. The minimum absolute atomic E-state index is 0.174. The second kappa shape index (κ2) is 6.92. The SMILES string of the molecule is CN(CC1CCCNC1)C(=O)Cc1ccc(Cl)cc1. The number of nitrogens with zero attached hydrogens (tertiary/aromatic N) is 1. The van der Waals surface area contributed by atoms with Crippen LogP contribution in [-0.2, 0) is 11.2 Å². The highest BCUT2D eigenvalue weighted by molar-refractivity contribution is 6.30. The molecule has 1 heterocycles. The molecule has 4 heteroatoms. The smallest absolute Gasteiger partial charge is 0.226 e. The molecule has 1 saturated heterocycles. The van der Waals surface area contributed by atoms with Crippen LogP contribution in [0.1, 0.15) is 18.4 Å². The van der Waals surface area contributed by atoms with Crippen LogP contribution in [-0.4, -0.2) is 37.5 Å². The maximum atomic E-state index is 12.1. The molecule has 1 amide bonds. The lowest BCUT2D eigenvalue weighted by atomic mass is 9.99. The first kappa shape index (κ1) is 14.4. The van der Waals surface area contributed by atoms with Crippen molar-refractivity contribution in [1.29, 1.82) is 0 Å². The fourth-order valence-electron chi connectivity index (χ4n) is 2.48. The molecule has 1 aromatic carbocycles. The quantitative estimate of drug-likeness (QED) is 0.918. The van der Waals surface area contributed by atoms with Gasteiger partial charge in [0, 0.05) is 18.6 Å². The van der Waals surface area contributed by atoms with Crippen molar-refractivity contribution < 1.29 is 4.79 Å². The summed E-state index contributed by atoms with van der Waals surface area (Å²) in [7, 11) is 1.90. The topological polar surface area (TPSA) is 32.3 Å². The Morgan fingerprint density at radius 2 is 2.16 bits per heavy atom. The van der Waals surface area contributed by atoms with Crippen LogP contribution in [0.15, 0.2) is 24.3 Å². The molecule has 0 bridgehead atoms. The number of hydrogen-bond acceptors (Lipinski definition) is 2. The minimum atomic E-state index is 0.174. The molecule has 1 N–H and O–H groups in total. The summed E-state index contributed by atoms with van der Waals surface area (Å²) in [4.78, 5) is 14.0. The first-order valence-electron chi connectivity index (χ1n) is 6.84. The second-order valence-corrected chi connectivity index (χ2v) is 5.73. The molecular weight excluding hydrogens is 260 g/mol. The van der Waals surface area contributed by atoms with Gasteiger partial charge in [0.05, 0.1) is 6.42 Å². The summed E-state index contributed by atoms with van der Waals surface area (Å²) in [5.74, 6) is 0.765. The molecule has 0 spiro atoms. The predicted molar refractivity (Wildman–Crippen MR) is 78.4 cm³/mol. The van der Waals surface area contributed by atoms with Crippen LogP contribution in [0.3, 0.4) is 0 Å². The van der Waals surface area contributed by atoms with E-state index in [0.29, 0.717) is 17.4 Å². The van der Waals surface area contributed by atoms with E-state index < -0.39 is 0 Å². The number of nitrogens with one attached hydrogen (secondary N) is 1. The molecule has 0 aromatic heterocycles. The number of amides is 1. The molecule has 104 valence electrons. The number of benzene rings is 1. The standard InChI is InChI=1S/C15H21ClN2O/c1-18(11-13-3-2-8-17-10-13)15(19)9-12-4-6-14(16)7-5-12/h4-7,13,17H,2-3,8-11H2,1H3. The van der Waals surface area contributed by atoms with Gasteiger partial charge in [-0.1, -0.05) is 23.7 Å². The molecule has 1 atom stereocenters. The molecule has 0 radical (unpaired) electrons. The average Bonchev–Trinajstić information content (AvgIpc) is 2.42. The van der Waals surface area contributed by atoms with Crippen molar-refractivity contribution in [3.05, 3.63) is 34.9 Å². The lowest BCUT2D eigenvalue weighted by Crippen LogP contribution is -2.39. The molecule has 0 aliphatic carbocycles. The van der Waals surface area contributed by atoms with Crippen LogP contribution in [0.4, 0.5) is 0 Å². The van der Waals surface area contributed by atoms with Gasteiger partial charge >= 0.3 is 0 Å². The van der Waals surface area contributed by atoms with Gasteiger partial charge in [0.25, 0.3) is 0 Å². The molecule has 1 aromatic rings. The van der Waals surface area contributed by atoms with Crippen LogP contribution in [0, 0.1) is 5.92 Å². The molecule has 19 heavy (non-hydrogen) atoms. The van der Waals surface area contributed by atoms with Gasteiger partial charge in [-0.3, -0.25) is 4.79 Å². The van der Waals surface area contributed by atoms with Gasteiger partial charge in [-0.15, -0.1) is 0 Å². The van der Waals surface area contributed by atoms with Crippen molar-refractivity contribution in [2.75, 3.05) is 26.7 Å². The summed E-state index contributed by atoms with van der Waals surface area (Å²) >= 11 is 5.84. The highest BCUT2D eigenvalue weighted by Crippen LogP contribution is 2.13. The lowest BCUT2D eigenvalue weighted by molar-refractivity contribution is -0.129. The van der Waals surface area contributed by atoms with E-state index in [0.717, 1.165) is 25.2 Å². The normalized spacial score (nSPS) is 19.2. The van der Waals surface area contributed by atoms with Crippen molar-refractivity contribution in [2.24, 2.45) is 5.92 Å². The Morgan fingerprint density at radius 1 is 1.42 bits per heavy atom. The molecule has 1 aliphatic rings. The molecule has 3 nitrogen and oxygen atoms in total. The van der Waals surface area contributed by atoms with E-state index in [2.05, 4.69) is 5.32 Å². The van der Waals surface area contributed by atoms with E-state index in [1.165, 1.54) is 12.8 Å². The number of carbonyl (C=O) groups is 1. The number of likely N-dealkylation sites (N-methyl/N-ethyl adjacent to an activating group) is 1. The van der Waals surface area contributed by atoms with Crippen molar-refractivity contribution in [2.45, 2.75) is 19.3 Å². The summed E-state index contributed by atoms with van der Waals surface area (Å²) < 4.78 is 0. The van der Waals surface area contributed by atoms with Crippen LogP contribution >= 0.6 is 11.6 Å². The first-order valence-corrected chi connectivity index (χ1v) is 7.22. The third-order valence-corrected chi connectivity index (χ3v) is 3.88. The molecular formula is C15H21ClN2O. The van der Waals surface area contributed by atoms with Crippen molar-refractivity contribution in [1.82, 2.24) is 10.2 Å². The van der Waals surface area contributed by atoms with E-state index >= 15 is 0 Å². The van der Waals surface area contributed by atoms with Gasteiger partial charge in [0.1, 0.15) is 0 Å². The van der Waals surface area contributed by atoms with E-state index in [1.54, 1.807) is 0 Å². The Hall–Kier alpha value is -1.06. The van der Waals surface area contributed by atoms with E-state index in [-0.39, 0.29) is 5.91 Å². The largest absolute Gasteiger partial charge is 0.345 e. The lowest BCUT2D eigenvalue weighted by Gasteiger charge is -2.27. The van der Waals surface area contributed by atoms with Crippen molar-refractivity contribution in [3.63, 3.8) is 0 Å². The molecule has 1 aliphatic heterocycles. The number of piperidine rings is 1. The van der Waals surface area contributed by atoms with Gasteiger partial charge < -0.3 is 10.2 Å². The van der Waals surface area contributed by atoms with Crippen molar-refractivity contribution in [3.8, 4) is 0 Å². The van der Waals surface area contributed by atoms with Gasteiger partial charge in [-0.25, -0.2) is 0 Å². The van der Waals surface area contributed by atoms with E-state index in [1.807, 2.05) is 36.2 Å². The number of rotatable bonds is 4. The fraction of sp³-hybridized carbons (Fsp3) is 0.533. The first-order chi connectivity index (χ1) is 9.15. The third-order valence-electron chi connectivity index (χ3n) is 3.63. The third kappa shape index (κ3) is 4.51. The Morgan fingerprint density at radius 3 is 2.79 bits per heavy atom. The van der Waals surface area contributed by atoms with Gasteiger partial charge in [-0.2, -0.15) is 0 Å². The van der Waals surface area contributed by atoms with Crippen LogP contribution in [0.2, 0.25) is 5.02 Å². The Labute approximate surface area is 119 Å². The zero-order valence-electron chi connectivity index (χ0n) is 11.4. The zero-order chi connectivity index (χ0) is 13.7. The monoisotopic (exact) mass is 280 g/mol. The maximum absolute atomic E-state index is 12.1. The summed E-state index contributed by atoms with van der Waals surface area (Å²) in [5, 5.41) is 4.09. The van der Waals surface area contributed by atoms with Crippen molar-refractivity contribution >= 4 is 17.5 Å². The number of carbonyl (C=O) groups excluding carboxylic acids is 1. The fourth-order valence-corrected chi connectivity index (χ4v) is 2.61. The highest BCUT2D eigenvalue weighted by Gasteiger charge is 2.18. The Kier molecular flexibility index (Phi) is 5.23. The Bertz CT molecular complexity index is 413. The molecule has 1 unspecified atom stereocenters. The Balaban J connectivity index is 1.83. The van der Waals surface area contributed by atoms with Gasteiger partial charge in [0.2, 0.25) is 5.91 Å². The maximum Gasteiger partial charge on any atom is 0.226 e. The van der Waals surface area contributed by atoms with Crippen LogP contribution in [0.25, 0.3) is 0 Å². The molecule has 2 rings (SSSR count). The minimum Gasteiger partial charge on any atom is -0.345 e. The van der Waals surface area contributed by atoms with Crippen LogP contribution < -0.4 is 5.32 Å². The summed E-state index contributed by atoms with van der Waals surface area (Å²) in [5.41, 5.74) is 1.02. The zero-order valence-corrected chi connectivity index (χ0v) is 12.1. The number of hydrogen-bond donors (Lipinski definition) is 1. The van der Waals surface area contributed by atoms with E-state index in [9.17, 15) is 4.79 Å². The molecule has 0 saturated carbocycles. The predicted octanol–water partition coefficient (Wildman–Crippen LogP) is 2.34. The number of halogens is 1. The van der Waals surface area contributed by atoms with Gasteiger partial charge in [-0.05, 0) is 49.5 Å². The van der Waals surface area contributed by atoms with Crippen LogP contribution in [0.5, 0.6) is 0 Å².